The van der Waals surface area contributed by atoms with Crippen molar-refractivity contribution >= 4 is 33.3 Å². The summed E-state index contributed by atoms with van der Waals surface area (Å²) in [6.45, 7) is 7.82. The molecule has 0 radical (unpaired) electrons. The van der Waals surface area contributed by atoms with Crippen molar-refractivity contribution in [2.75, 3.05) is 0 Å². The highest BCUT2D eigenvalue weighted by atomic mass is 79.9. The number of nitrogens with one attached hydrogen (secondary N) is 1. The summed E-state index contributed by atoms with van der Waals surface area (Å²) in [7, 11) is 0. The summed E-state index contributed by atoms with van der Waals surface area (Å²) < 4.78 is 6.72. The van der Waals surface area contributed by atoms with Gasteiger partial charge < -0.3 is 20.3 Å². The number of carbonyl (C=O) groups excluding carboxylic acids is 3. The van der Waals surface area contributed by atoms with E-state index < -0.39 is 28.5 Å². The predicted molar refractivity (Wildman–Crippen MR) is 129 cm³/mol. The Morgan fingerprint density at radius 1 is 1.12 bits per heavy atom. The van der Waals surface area contributed by atoms with Gasteiger partial charge in [0.05, 0.1) is 11.1 Å². The van der Waals surface area contributed by atoms with E-state index in [1.165, 1.54) is 19.9 Å². The maximum Gasteiger partial charge on any atom is 0.194 e. The Morgan fingerprint density at radius 2 is 1.74 bits per heavy atom. The van der Waals surface area contributed by atoms with Gasteiger partial charge in [0.25, 0.3) is 0 Å². The van der Waals surface area contributed by atoms with Gasteiger partial charge in [0.1, 0.15) is 34.0 Å². The number of hydrogen-bond donors (Lipinski definition) is 3. The molecule has 2 aromatic rings. The van der Waals surface area contributed by atoms with E-state index in [1.807, 2.05) is 31.2 Å². The molecule has 1 unspecified atom stereocenters. The van der Waals surface area contributed by atoms with Crippen LogP contribution < -0.4 is 10.1 Å². The molecule has 0 saturated heterocycles. The second-order valence-corrected chi connectivity index (χ2v) is 9.72. The lowest BCUT2D eigenvalue weighted by Gasteiger charge is -2.29. The van der Waals surface area contributed by atoms with Gasteiger partial charge in [0.2, 0.25) is 0 Å². The minimum absolute atomic E-state index is 0.0119. The number of phenols is 2. The zero-order valence-corrected chi connectivity index (χ0v) is 21.0. The molecule has 34 heavy (non-hydrogen) atoms. The molecule has 0 aromatic heterocycles. The van der Waals surface area contributed by atoms with E-state index in [9.17, 15) is 24.6 Å². The van der Waals surface area contributed by atoms with E-state index in [0.717, 1.165) is 10.0 Å². The van der Waals surface area contributed by atoms with Crippen LogP contribution in [0.25, 0.3) is 0 Å². The molecule has 0 spiro atoms. The summed E-state index contributed by atoms with van der Waals surface area (Å²) >= 11 is 3.40. The second-order valence-electron chi connectivity index (χ2n) is 8.80. The molecule has 1 aliphatic carbocycles. The molecule has 2 aliphatic rings. The number of rotatable bonds is 4. The van der Waals surface area contributed by atoms with E-state index in [1.54, 1.807) is 13.8 Å². The number of phenolic OH excluding ortho intramolecular Hbond substituents is 2. The third-order valence-corrected chi connectivity index (χ3v) is 7.09. The van der Waals surface area contributed by atoms with Crippen molar-refractivity contribution in [3.8, 4) is 17.2 Å². The zero-order chi connectivity index (χ0) is 25.1. The molecular weight excluding hydrogens is 502 g/mol. The van der Waals surface area contributed by atoms with Crippen LogP contribution >= 0.6 is 15.9 Å². The number of hydrogen-bond acceptors (Lipinski definition) is 7. The lowest BCUT2D eigenvalue weighted by atomic mass is 9.70. The van der Waals surface area contributed by atoms with Crippen LogP contribution in [0.1, 0.15) is 60.8 Å². The summed E-state index contributed by atoms with van der Waals surface area (Å²) in [4.78, 5) is 39.1. The van der Waals surface area contributed by atoms with Crippen LogP contribution in [0.2, 0.25) is 0 Å². The van der Waals surface area contributed by atoms with Crippen LogP contribution in [0, 0.1) is 6.92 Å². The van der Waals surface area contributed by atoms with Crippen molar-refractivity contribution in [2.24, 2.45) is 0 Å². The highest BCUT2D eigenvalue weighted by Gasteiger charge is 2.56. The van der Waals surface area contributed by atoms with Crippen molar-refractivity contribution < 1.29 is 29.3 Å². The molecule has 0 bridgehead atoms. The summed E-state index contributed by atoms with van der Waals surface area (Å²) in [6.07, 6.45) is 1.21. The number of benzene rings is 2. The minimum atomic E-state index is -1.53. The normalized spacial score (nSPS) is 21.3. The van der Waals surface area contributed by atoms with Gasteiger partial charge >= 0.3 is 0 Å². The van der Waals surface area contributed by atoms with Crippen LogP contribution in [-0.2, 0) is 15.0 Å². The highest BCUT2D eigenvalue weighted by Crippen LogP contribution is 2.57. The fourth-order valence-corrected chi connectivity index (χ4v) is 4.86. The minimum Gasteiger partial charge on any atom is -0.507 e. The number of halogens is 1. The first-order chi connectivity index (χ1) is 15.9. The van der Waals surface area contributed by atoms with E-state index in [0.29, 0.717) is 5.70 Å². The van der Waals surface area contributed by atoms with Crippen LogP contribution in [0.4, 0.5) is 0 Å². The summed E-state index contributed by atoms with van der Waals surface area (Å²) in [6, 6.07) is 7.48. The monoisotopic (exact) mass is 525 g/mol. The molecule has 0 fully saturated rings. The summed E-state index contributed by atoms with van der Waals surface area (Å²) in [5.74, 6) is -2.44. The molecule has 4 rings (SSSR count). The van der Waals surface area contributed by atoms with Gasteiger partial charge in [0, 0.05) is 27.9 Å². The topological polar surface area (TPSA) is 113 Å². The van der Waals surface area contributed by atoms with E-state index in [4.69, 9.17) is 4.74 Å². The predicted octanol–water partition coefficient (Wildman–Crippen LogP) is 4.68. The van der Waals surface area contributed by atoms with Gasteiger partial charge in [-0.15, -0.1) is 0 Å². The molecule has 1 heterocycles. The molecule has 1 aliphatic heterocycles. The standard InChI is InChI=1S/C26H24BrNO6/c1-11-22(31)20(14(4)29)24-21(23(11)32)26(5)18(34-24)10-17(30)19(25(26)33)13(3)28-12(2)15-6-8-16(27)9-7-15/h6-10,12,28,31-32H,1-5H3/t12?,26-/m0/s1. The lowest BCUT2D eigenvalue weighted by Crippen LogP contribution is -2.41. The largest absolute Gasteiger partial charge is 0.507 e. The smallest absolute Gasteiger partial charge is 0.194 e. The van der Waals surface area contributed by atoms with Gasteiger partial charge in [-0.1, -0.05) is 28.1 Å². The molecular formula is C26H24BrNO6. The maximum atomic E-state index is 13.8. The Hall–Kier alpha value is -3.39. The number of aromatic hydroxyl groups is 2. The molecule has 3 N–H and O–H groups in total. The van der Waals surface area contributed by atoms with E-state index in [-0.39, 0.29) is 45.6 Å². The quantitative estimate of drug-likeness (QED) is 0.301. The van der Waals surface area contributed by atoms with Crippen LogP contribution in [0.3, 0.4) is 0 Å². The first kappa shape index (κ1) is 23.8. The van der Waals surface area contributed by atoms with Crippen LogP contribution in [0.5, 0.6) is 17.2 Å². The Balaban J connectivity index is 1.84. The van der Waals surface area contributed by atoms with Crippen molar-refractivity contribution in [1.29, 1.82) is 0 Å². The molecule has 0 amide bonds. The lowest BCUT2D eigenvalue weighted by molar-refractivity contribution is -0.123. The van der Waals surface area contributed by atoms with Crippen molar-refractivity contribution in [3.63, 3.8) is 0 Å². The molecule has 176 valence electrons. The molecule has 7 nitrogen and oxygen atoms in total. The maximum absolute atomic E-state index is 13.8. The Labute approximate surface area is 205 Å². The third-order valence-electron chi connectivity index (χ3n) is 6.56. The van der Waals surface area contributed by atoms with Gasteiger partial charge in [-0.25, -0.2) is 0 Å². The molecule has 0 saturated carbocycles. The summed E-state index contributed by atoms with van der Waals surface area (Å²) in [5.41, 5.74) is -0.239. The Bertz CT molecular complexity index is 1340. The average molecular weight is 526 g/mol. The second kappa shape index (κ2) is 8.13. The fourth-order valence-electron chi connectivity index (χ4n) is 4.59. The zero-order valence-electron chi connectivity index (χ0n) is 19.4. The SMILES string of the molecule is CC(=O)c1c(O)c(C)c(O)c2c1OC1=CC(=O)C(=C(C)NC(C)c3ccc(Br)cc3)C(=O)[C@@]12C. The van der Waals surface area contributed by atoms with E-state index >= 15 is 0 Å². The number of allylic oxidation sites excluding steroid dienone is 4. The van der Waals surface area contributed by atoms with Gasteiger partial charge in [-0.05, 0) is 52.3 Å². The highest BCUT2D eigenvalue weighted by molar-refractivity contribution is 9.10. The average Bonchev–Trinajstić information content (AvgIpc) is 3.05. The number of fused-ring (bicyclic) bond motifs is 3. The first-order valence-electron chi connectivity index (χ1n) is 10.7. The number of ether oxygens (including phenoxy) is 1. The third kappa shape index (κ3) is 3.36. The Morgan fingerprint density at radius 3 is 2.32 bits per heavy atom. The van der Waals surface area contributed by atoms with Crippen molar-refractivity contribution in [1.82, 2.24) is 5.32 Å². The molecule has 2 atom stereocenters. The van der Waals surface area contributed by atoms with Gasteiger partial charge in [-0.3, -0.25) is 14.4 Å². The van der Waals surface area contributed by atoms with Gasteiger partial charge in [0.15, 0.2) is 17.3 Å². The Kier molecular flexibility index (Phi) is 5.68. The van der Waals surface area contributed by atoms with Gasteiger partial charge in [-0.2, -0.15) is 0 Å². The number of Topliss-reactive ketones (excluding diaryl/α,β-unsaturated/α-hetero) is 2. The first-order valence-corrected chi connectivity index (χ1v) is 11.5. The number of ketones is 3. The number of carbonyl (C=O) groups is 3. The van der Waals surface area contributed by atoms with Crippen LogP contribution in [0.15, 0.2) is 51.8 Å². The molecule has 2 aromatic carbocycles. The van der Waals surface area contributed by atoms with Crippen LogP contribution in [-0.4, -0.2) is 27.6 Å². The fraction of sp³-hybridized carbons (Fsp3) is 0.269. The summed E-state index contributed by atoms with van der Waals surface area (Å²) in [5, 5.41) is 24.6. The van der Waals surface area contributed by atoms with Crippen molar-refractivity contribution in [2.45, 2.75) is 46.1 Å². The molecule has 8 heteroatoms. The van der Waals surface area contributed by atoms with Crippen molar-refractivity contribution in [3.05, 3.63) is 74.1 Å². The van der Waals surface area contributed by atoms with E-state index in [2.05, 4.69) is 21.2 Å².